The van der Waals surface area contributed by atoms with Crippen molar-refractivity contribution in [2.75, 3.05) is 5.73 Å². The molecule has 1 fully saturated rings. The molecule has 2 unspecified atom stereocenters. The van der Waals surface area contributed by atoms with Crippen molar-refractivity contribution in [2.24, 2.45) is 5.92 Å². The van der Waals surface area contributed by atoms with Crippen LogP contribution in [0.3, 0.4) is 0 Å². The van der Waals surface area contributed by atoms with Crippen molar-refractivity contribution in [3.05, 3.63) is 29.8 Å². The number of nitrogens with two attached hydrogens (primary N) is 1. The van der Waals surface area contributed by atoms with E-state index < -0.39 is 0 Å². The fourth-order valence-electron chi connectivity index (χ4n) is 2.90. The zero-order valence-electron chi connectivity index (χ0n) is 11.5. The van der Waals surface area contributed by atoms with Gasteiger partial charge in [0.15, 0.2) is 5.82 Å². The Morgan fingerprint density at radius 1 is 1.40 bits per heavy atom. The molecule has 106 valence electrons. The van der Waals surface area contributed by atoms with Crippen molar-refractivity contribution in [1.29, 1.82) is 0 Å². The molecule has 20 heavy (non-hydrogen) atoms. The lowest BCUT2D eigenvalue weighted by Gasteiger charge is -2.04. The van der Waals surface area contributed by atoms with Crippen LogP contribution in [0.4, 0.5) is 10.1 Å². The number of hydrogen-bond donors (Lipinski definition) is 1. The van der Waals surface area contributed by atoms with Crippen molar-refractivity contribution in [1.82, 2.24) is 10.1 Å². The zero-order valence-corrected chi connectivity index (χ0v) is 11.5. The number of rotatable bonds is 3. The van der Waals surface area contributed by atoms with E-state index in [9.17, 15) is 4.39 Å². The first-order valence-corrected chi connectivity index (χ1v) is 7.06. The molecule has 1 aliphatic carbocycles. The highest BCUT2D eigenvalue weighted by Gasteiger charge is 2.28. The van der Waals surface area contributed by atoms with Gasteiger partial charge in [0.1, 0.15) is 5.82 Å². The Kier molecular flexibility index (Phi) is 3.42. The number of nitrogen functional groups attached to an aromatic ring is 1. The molecule has 4 nitrogen and oxygen atoms in total. The molecule has 1 aromatic carbocycles. The second kappa shape index (κ2) is 5.23. The lowest BCUT2D eigenvalue weighted by Crippen LogP contribution is -1.97. The zero-order chi connectivity index (χ0) is 14.1. The Labute approximate surface area is 117 Å². The fourth-order valence-corrected chi connectivity index (χ4v) is 2.90. The largest absolute Gasteiger partial charge is 0.398 e. The van der Waals surface area contributed by atoms with Gasteiger partial charge in [-0.15, -0.1) is 0 Å². The van der Waals surface area contributed by atoms with Crippen LogP contribution in [0.25, 0.3) is 11.5 Å². The van der Waals surface area contributed by atoms with Crippen molar-refractivity contribution in [3.63, 3.8) is 0 Å². The van der Waals surface area contributed by atoms with Crippen molar-refractivity contribution >= 4 is 5.69 Å². The summed E-state index contributed by atoms with van der Waals surface area (Å²) in [6.45, 7) is 2.21. The highest BCUT2D eigenvalue weighted by atomic mass is 19.1. The van der Waals surface area contributed by atoms with Crippen molar-refractivity contribution in [2.45, 2.75) is 38.5 Å². The smallest absolute Gasteiger partial charge is 0.260 e. The summed E-state index contributed by atoms with van der Waals surface area (Å²) in [7, 11) is 0. The molecule has 5 heteroatoms. The van der Waals surface area contributed by atoms with E-state index in [0.717, 1.165) is 24.6 Å². The Balaban J connectivity index is 1.85. The maximum Gasteiger partial charge on any atom is 0.260 e. The molecular formula is C15H18FN3O. The first-order valence-electron chi connectivity index (χ1n) is 7.06. The van der Waals surface area contributed by atoms with Gasteiger partial charge in [-0.2, -0.15) is 4.98 Å². The van der Waals surface area contributed by atoms with Gasteiger partial charge in [0, 0.05) is 11.6 Å². The molecule has 1 aliphatic rings. The SMILES string of the molecule is CCC1CCC(c2noc(-c3cc(F)ccc3N)n2)C1. The van der Waals surface area contributed by atoms with Gasteiger partial charge in [-0.05, 0) is 43.4 Å². The van der Waals surface area contributed by atoms with E-state index in [1.165, 1.54) is 31.0 Å². The number of halogens is 1. The van der Waals surface area contributed by atoms with Gasteiger partial charge < -0.3 is 10.3 Å². The molecule has 0 bridgehead atoms. The van der Waals surface area contributed by atoms with Gasteiger partial charge in [0.05, 0.1) is 5.56 Å². The van der Waals surface area contributed by atoms with Crippen LogP contribution in [0, 0.1) is 11.7 Å². The number of nitrogens with zero attached hydrogens (tertiary/aromatic N) is 2. The first kappa shape index (κ1) is 13.1. The third-order valence-electron chi connectivity index (χ3n) is 4.17. The molecule has 2 atom stereocenters. The minimum absolute atomic E-state index is 0.303. The number of benzene rings is 1. The number of hydrogen-bond acceptors (Lipinski definition) is 4. The molecule has 0 radical (unpaired) electrons. The van der Waals surface area contributed by atoms with Crippen LogP contribution in [0.1, 0.15) is 44.3 Å². The van der Waals surface area contributed by atoms with E-state index in [0.29, 0.717) is 23.1 Å². The lowest BCUT2D eigenvalue weighted by atomic mass is 10.0. The van der Waals surface area contributed by atoms with Crippen LogP contribution in [-0.4, -0.2) is 10.1 Å². The Morgan fingerprint density at radius 3 is 3.00 bits per heavy atom. The molecule has 1 saturated carbocycles. The monoisotopic (exact) mass is 275 g/mol. The van der Waals surface area contributed by atoms with E-state index >= 15 is 0 Å². The lowest BCUT2D eigenvalue weighted by molar-refractivity contribution is 0.413. The van der Waals surface area contributed by atoms with Crippen LogP contribution < -0.4 is 5.73 Å². The van der Waals surface area contributed by atoms with Gasteiger partial charge in [-0.25, -0.2) is 4.39 Å². The van der Waals surface area contributed by atoms with Crippen LogP contribution in [-0.2, 0) is 0 Å². The number of aromatic nitrogens is 2. The third kappa shape index (κ3) is 2.40. The van der Waals surface area contributed by atoms with Crippen LogP contribution in [0.2, 0.25) is 0 Å². The summed E-state index contributed by atoms with van der Waals surface area (Å²) >= 11 is 0. The van der Waals surface area contributed by atoms with E-state index in [4.69, 9.17) is 10.3 Å². The highest BCUT2D eigenvalue weighted by Crippen LogP contribution is 2.39. The predicted octanol–water partition coefficient (Wildman–Crippen LogP) is 3.75. The molecule has 0 spiro atoms. The van der Waals surface area contributed by atoms with Gasteiger partial charge in [-0.3, -0.25) is 0 Å². The topological polar surface area (TPSA) is 64.9 Å². The third-order valence-corrected chi connectivity index (χ3v) is 4.17. The average molecular weight is 275 g/mol. The summed E-state index contributed by atoms with van der Waals surface area (Å²) < 4.78 is 18.6. The Hall–Kier alpha value is -1.91. The summed E-state index contributed by atoms with van der Waals surface area (Å²) in [4.78, 5) is 4.41. The summed E-state index contributed by atoms with van der Waals surface area (Å²) in [6, 6.07) is 4.16. The molecule has 0 saturated heterocycles. The van der Waals surface area contributed by atoms with Gasteiger partial charge in [0.25, 0.3) is 5.89 Å². The standard InChI is InChI=1S/C15H18FN3O/c1-2-9-3-4-10(7-9)14-18-15(20-19-14)12-8-11(16)5-6-13(12)17/h5-6,8-10H,2-4,7,17H2,1H3. The van der Waals surface area contributed by atoms with E-state index in [2.05, 4.69) is 17.1 Å². The van der Waals surface area contributed by atoms with Crippen molar-refractivity contribution in [3.8, 4) is 11.5 Å². The Bertz CT molecular complexity index is 611. The second-order valence-electron chi connectivity index (χ2n) is 5.47. The van der Waals surface area contributed by atoms with Crippen LogP contribution >= 0.6 is 0 Å². The summed E-state index contributed by atoms with van der Waals surface area (Å²) in [5, 5.41) is 4.05. The summed E-state index contributed by atoms with van der Waals surface area (Å²) in [5.41, 5.74) is 6.74. The highest BCUT2D eigenvalue weighted by molar-refractivity contribution is 5.70. The van der Waals surface area contributed by atoms with Gasteiger partial charge in [-0.1, -0.05) is 18.5 Å². The number of anilines is 1. The summed E-state index contributed by atoms with van der Waals surface area (Å²) in [6.07, 6.45) is 4.61. The molecule has 0 amide bonds. The fraction of sp³-hybridized carbons (Fsp3) is 0.467. The molecule has 1 heterocycles. The minimum Gasteiger partial charge on any atom is -0.398 e. The average Bonchev–Trinajstić information content (AvgIpc) is 3.09. The first-order chi connectivity index (χ1) is 9.67. The quantitative estimate of drug-likeness (QED) is 0.866. The molecule has 2 N–H and O–H groups in total. The maximum absolute atomic E-state index is 13.3. The maximum atomic E-state index is 13.3. The second-order valence-corrected chi connectivity index (χ2v) is 5.47. The molecular weight excluding hydrogens is 257 g/mol. The van der Waals surface area contributed by atoms with Gasteiger partial charge >= 0.3 is 0 Å². The van der Waals surface area contributed by atoms with E-state index in [-0.39, 0.29) is 5.82 Å². The van der Waals surface area contributed by atoms with E-state index in [1.54, 1.807) is 0 Å². The molecule has 2 aromatic rings. The predicted molar refractivity (Wildman–Crippen MR) is 74.5 cm³/mol. The minimum atomic E-state index is -0.360. The van der Waals surface area contributed by atoms with Gasteiger partial charge in [0.2, 0.25) is 0 Å². The van der Waals surface area contributed by atoms with Crippen LogP contribution in [0.15, 0.2) is 22.7 Å². The summed E-state index contributed by atoms with van der Waals surface area (Å²) in [5.74, 6) is 1.77. The molecule has 3 rings (SSSR count). The van der Waals surface area contributed by atoms with Crippen molar-refractivity contribution < 1.29 is 8.91 Å². The molecule has 0 aliphatic heterocycles. The Morgan fingerprint density at radius 2 is 2.25 bits per heavy atom. The van der Waals surface area contributed by atoms with Crippen LogP contribution in [0.5, 0.6) is 0 Å². The molecule has 1 aromatic heterocycles. The normalized spacial score (nSPS) is 22.3. The van der Waals surface area contributed by atoms with E-state index in [1.807, 2.05) is 0 Å².